The summed E-state index contributed by atoms with van der Waals surface area (Å²) in [6.07, 6.45) is 0. The van der Waals surface area contributed by atoms with E-state index in [1.165, 1.54) is 12.1 Å². The summed E-state index contributed by atoms with van der Waals surface area (Å²) in [6.45, 7) is 0.419. The number of nitrogen functional groups attached to an aromatic ring is 1. The zero-order valence-corrected chi connectivity index (χ0v) is 13.5. The van der Waals surface area contributed by atoms with Crippen molar-refractivity contribution in [2.75, 3.05) is 18.9 Å². The van der Waals surface area contributed by atoms with Crippen LogP contribution in [0.5, 0.6) is 5.75 Å². The molecule has 0 spiro atoms. The minimum absolute atomic E-state index is 0.183. The maximum atomic E-state index is 12.0. The predicted octanol–water partition coefficient (Wildman–Crippen LogP) is 2.39. The SMILES string of the molecule is Nc1ccc(OCCNS(=O)(=O)c2ccc(Br)cc2)cc1. The molecule has 7 heteroatoms. The van der Waals surface area contributed by atoms with Gasteiger partial charge in [-0.1, -0.05) is 15.9 Å². The van der Waals surface area contributed by atoms with Crippen molar-refractivity contribution in [3.8, 4) is 5.75 Å². The zero-order chi connectivity index (χ0) is 15.3. The summed E-state index contributed by atoms with van der Waals surface area (Å²) in [6, 6.07) is 13.3. The third-order valence-corrected chi connectivity index (χ3v) is 4.67. The molecular weight excluding hydrogens is 356 g/mol. The van der Waals surface area contributed by atoms with E-state index in [-0.39, 0.29) is 18.0 Å². The first-order valence-corrected chi connectivity index (χ1v) is 8.48. The summed E-state index contributed by atoms with van der Waals surface area (Å²) in [5.41, 5.74) is 6.21. The topological polar surface area (TPSA) is 81.4 Å². The van der Waals surface area contributed by atoms with Crippen molar-refractivity contribution in [2.45, 2.75) is 4.90 Å². The van der Waals surface area contributed by atoms with Crippen LogP contribution in [0, 0.1) is 0 Å². The first-order chi connectivity index (χ1) is 9.97. The van der Waals surface area contributed by atoms with Crippen molar-refractivity contribution in [3.05, 3.63) is 53.0 Å². The lowest BCUT2D eigenvalue weighted by Crippen LogP contribution is -2.28. The fraction of sp³-hybridized carbons (Fsp3) is 0.143. The van der Waals surface area contributed by atoms with Crippen LogP contribution >= 0.6 is 15.9 Å². The number of sulfonamides is 1. The van der Waals surface area contributed by atoms with Crippen LogP contribution < -0.4 is 15.2 Å². The van der Waals surface area contributed by atoms with Crippen LogP contribution in [-0.4, -0.2) is 21.6 Å². The maximum absolute atomic E-state index is 12.0. The van der Waals surface area contributed by atoms with E-state index in [2.05, 4.69) is 20.7 Å². The van der Waals surface area contributed by atoms with Crippen LogP contribution in [0.1, 0.15) is 0 Å². The number of rotatable bonds is 6. The molecule has 3 N–H and O–H groups in total. The van der Waals surface area contributed by atoms with Crippen molar-refractivity contribution in [3.63, 3.8) is 0 Å². The molecule has 5 nitrogen and oxygen atoms in total. The first-order valence-electron chi connectivity index (χ1n) is 6.21. The Kier molecular flexibility index (Phi) is 5.22. The average molecular weight is 371 g/mol. The van der Waals surface area contributed by atoms with Gasteiger partial charge >= 0.3 is 0 Å². The van der Waals surface area contributed by atoms with E-state index in [4.69, 9.17) is 10.5 Å². The number of halogens is 1. The van der Waals surface area contributed by atoms with Gasteiger partial charge in [0.25, 0.3) is 0 Å². The summed E-state index contributed by atoms with van der Waals surface area (Å²) in [7, 11) is -3.51. The van der Waals surface area contributed by atoms with Gasteiger partial charge in [0, 0.05) is 16.7 Å². The molecule has 0 aromatic heterocycles. The lowest BCUT2D eigenvalue weighted by Gasteiger charge is -2.09. The summed E-state index contributed by atoms with van der Waals surface area (Å²) >= 11 is 3.26. The van der Waals surface area contributed by atoms with E-state index in [0.29, 0.717) is 11.4 Å². The van der Waals surface area contributed by atoms with Gasteiger partial charge in [-0.2, -0.15) is 0 Å². The van der Waals surface area contributed by atoms with Gasteiger partial charge in [0.05, 0.1) is 4.90 Å². The number of nitrogens with one attached hydrogen (secondary N) is 1. The summed E-state index contributed by atoms with van der Waals surface area (Å²) in [4.78, 5) is 0.221. The monoisotopic (exact) mass is 370 g/mol. The molecule has 0 aliphatic carbocycles. The Labute approximate surface area is 132 Å². The van der Waals surface area contributed by atoms with Crippen LogP contribution in [-0.2, 0) is 10.0 Å². The fourth-order valence-corrected chi connectivity index (χ4v) is 2.88. The van der Waals surface area contributed by atoms with Gasteiger partial charge in [0.1, 0.15) is 12.4 Å². The second-order valence-corrected chi connectivity index (χ2v) is 6.95. The van der Waals surface area contributed by atoms with Gasteiger partial charge in [-0.25, -0.2) is 13.1 Å². The van der Waals surface area contributed by atoms with Gasteiger partial charge in [-0.3, -0.25) is 0 Å². The lowest BCUT2D eigenvalue weighted by atomic mass is 10.3. The maximum Gasteiger partial charge on any atom is 0.240 e. The van der Waals surface area contributed by atoms with Crippen molar-refractivity contribution >= 4 is 31.6 Å². The van der Waals surface area contributed by atoms with E-state index in [1.807, 2.05) is 0 Å². The smallest absolute Gasteiger partial charge is 0.240 e. The van der Waals surface area contributed by atoms with E-state index < -0.39 is 10.0 Å². The van der Waals surface area contributed by atoms with E-state index >= 15 is 0 Å². The molecular formula is C14H15BrN2O3S. The molecule has 0 heterocycles. The number of hydrogen-bond acceptors (Lipinski definition) is 4. The molecule has 2 aromatic carbocycles. The number of hydrogen-bond donors (Lipinski definition) is 2. The summed E-state index contributed by atoms with van der Waals surface area (Å²) in [5.74, 6) is 0.645. The van der Waals surface area contributed by atoms with E-state index in [9.17, 15) is 8.42 Å². The molecule has 2 aromatic rings. The Balaban J connectivity index is 1.85. The fourth-order valence-electron chi connectivity index (χ4n) is 1.61. The Hall–Kier alpha value is -1.57. The van der Waals surface area contributed by atoms with Crippen LogP contribution in [0.4, 0.5) is 5.69 Å². The molecule has 0 atom stereocenters. The van der Waals surface area contributed by atoms with Gasteiger partial charge in [0.2, 0.25) is 10.0 Å². The molecule has 0 fully saturated rings. The van der Waals surface area contributed by atoms with Crippen molar-refractivity contribution in [1.82, 2.24) is 4.72 Å². The zero-order valence-electron chi connectivity index (χ0n) is 11.1. The Morgan fingerprint density at radius 1 is 1.05 bits per heavy atom. The average Bonchev–Trinajstić information content (AvgIpc) is 2.46. The third-order valence-electron chi connectivity index (χ3n) is 2.67. The number of ether oxygens (including phenoxy) is 1. The summed E-state index contributed by atoms with van der Waals surface area (Å²) in [5, 5.41) is 0. The van der Waals surface area contributed by atoms with Crippen LogP contribution in [0.25, 0.3) is 0 Å². The largest absolute Gasteiger partial charge is 0.492 e. The van der Waals surface area contributed by atoms with Crippen molar-refractivity contribution in [1.29, 1.82) is 0 Å². The lowest BCUT2D eigenvalue weighted by molar-refractivity contribution is 0.323. The molecule has 21 heavy (non-hydrogen) atoms. The van der Waals surface area contributed by atoms with Crippen molar-refractivity contribution in [2.24, 2.45) is 0 Å². The number of nitrogens with two attached hydrogens (primary N) is 1. The minimum Gasteiger partial charge on any atom is -0.492 e. The van der Waals surface area contributed by atoms with Crippen molar-refractivity contribution < 1.29 is 13.2 Å². The standard InChI is InChI=1S/C14H15BrN2O3S/c15-11-1-7-14(8-2-11)21(18,19)17-9-10-20-13-5-3-12(16)4-6-13/h1-8,17H,9-10,16H2. The van der Waals surface area contributed by atoms with Crippen LogP contribution in [0.2, 0.25) is 0 Å². The molecule has 0 saturated heterocycles. The molecule has 0 radical (unpaired) electrons. The quantitative estimate of drug-likeness (QED) is 0.604. The minimum atomic E-state index is -3.51. The highest BCUT2D eigenvalue weighted by atomic mass is 79.9. The Morgan fingerprint density at radius 3 is 2.29 bits per heavy atom. The van der Waals surface area contributed by atoms with Gasteiger partial charge in [-0.15, -0.1) is 0 Å². The number of benzene rings is 2. The molecule has 0 amide bonds. The molecule has 0 bridgehead atoms. The van der Waals surface area contributed by atoms with Gasteiger partial charge in [-0.05, 0) is 48.5 Å². The second kappa shape index (κ2) is 6.93. The van der Waals surface area contributed by atoms with Crippen LogP contribution in [0.15, 0.2) is 57.9 Å². The highest BCUT2D eigenvalue weighted by Gasteiger charge is 2.12. The molecule has 112 valence electrons. The van der Waals surface area contributed by atoms with E-state index in [1.54, 1.807) is 36.4 Å². The first kappa shape index (κ1) is 15.8. The second-order valence-electron chi connectivity index (χ2n) is 4.27. The number of anilines is 1. The van der Waals surface area contributed by atoms with Gasteiger partial charge in [0.15, 0.2) is 0 Å². The Morgan fingerprint density at radius 2 is 1.67 bits per heavy atom. The summed E-state index contributed by atoms with van der Waals surface area (Å²) < 4.78 is 32.7. The third kappa shape index (κ3) is 4.73. The Bertz CT molecular complexity index is 685. The van der Waals surface area contributed by atoms with Gasteiger partial charge < -0.3 is 10.5 Å². The molecule has 2 rings (SSSR count). The molecule has 0 unspecified atom stereocenters. The normalized spacial score (nSPS) is 11.3. The predicted molar refractivity (Wildman–Crippen MR) is 85.7 cm³/mol. The van der Waals surface area contributed by atoms with Crippen LogP contribution in [0.3, 0.4) is 0 Å². The molecule has 0 aliphatic rings. The highest BCUT2D eigenvalue weighted by Crippen LogP contribution is 2.15. The molecule has 0 aliphatic heterocycles. The van der Waals surface area contributed by atoms with E-state index in [0.717, 1.165) is 4.47 Å². The highest BCUT2D eigenvalue weighted by molar-refractivity contribution is 9.10. The molecule has 0 saturated carbocycles.